The van der Waals surface area contributed by atoms with Crippen molar-refractivity contribution in [3.8, 4) is 5.75 Å². The minimum absolute atomic E-state index is 0.00946. The zero-order chi connectivity index (χ0) is 10.0. The van der Waals surface area contributed by atoms with E-state index < -0.39 is 0 Å². The van der Waals surface area contributed by atoms with Crippen molar-refractivity contribution in [1.29, 1.82) is 5.41 Å². The van der Waals surface area contributed by atoms with Crippen LogP contribution in [0.1, 0.15) is 11.1 Å². The van der Waals surface area contributed by atoms with Crippen LogP contribution in [0.5, 0.6) is 5.75 Å². The summed E-state index contributed by atoms with van der Waals surface area (Å²) in [6.07, 6.45) is 0.228. The van der Waals surface area contributed by atoms with E-state index in [4.69, 9.17) is 22.7 Å². The fourth-order valence-electron chi connectivity index (χ4n) is 1.05. The van der Waals surface area contributed by atoms with E-state index in [0.717, 1.165) is 5.56 Å². The zero-order valence-electron chi connectivity index (χ0n) is 7.26. The van der Waals surface area contributed by atoms with E-state index in [1.165, 1.54) is 0 Å². The number of hydrogen-bond donors (Lipinski definition) is 3. The van der Waals surface area contributed by atoms with Gasteiger partial charge >= 0.3 is 0 Å². The number of hydrogen-bond acceptors (Lipinski definition) is 2. The number of phenolic OH excluding ortho intramolecular Hbond substituents is 1. The second kappa shape index (κ2) is 3.66. The van der Waals surface area contributed by atoms with Crippen LogP contribution in [0.25, 0.3) is 0 Å². The number of aryl methyl sites for hydroxylation is 1. The van der Waals surface area contributed by atoms with Gasteiger partial charge in [-0.3, -0.25) is 5.41 Å². The molecule has 0 spiro atoms. The van der Waals surface area contributed by atoms with Crippen LogP contribution in [0, 0.1) is 12.3 Å². The molecular weight excluding hydrogens is 188 g/mol. The molecule has 1 aromatic carbocycles. The molecule has 4 heteroatoms. The molecule has 70 valence electrons. The fourth-order valence-corrected chi connectivity index (χ4v) is 1.24. The molecule has 0 saturated carbocycles. The summed E-state index contributed by atoms with van der Waals surface area (Å²) < 4.78 is 0. The Labute approximate surface area is 81.6 Å². The molecule has 4 N–H and O–H groups in total. The number of rotatable bonds is 2. The summed E-state index contributed by atoms with van der Waals surface area (Å²) in [6, 6.07) is 3.20. The predicted molar refractivity (Wildman–Crippen MR) is 53.5 cm³/mol. The van der Waals surface area contributed by atoms with Gasteiger partial charge in [-0.2, -0.15) is 0 Å². The molecule has 0 atom stereocenters. The molecule has 0 fully saturated rings. The van der Waals surface area contributed by atoms with E-state index in [0.29, 0.717) is 10.6 Å². The molecule has 0 heterocycles. The van der Waals surface area contributed by atoms with Crippen molar-refractivity contribution in [3.05, 3.63) is 28.3 Å². The van der Waals surface area contributed by atoms with Gasteiger partial charge in [-0.25, -0.2) is 0 Å². The van der Waals surface area contributed by atoms with E-state index in [9.17, 15) is 5.11 Å². The Balaban J connectivity index is 3.08. The largest absolute Gasteiger partial charge is 0.508 e. The Kier molecular flexibility index (Phi) is 2.78. The number of amidine groups is 1. The lowest BCUT2D eigenvalue weighted by molar-refractivity contribution is 0.469. The second-order valence-electron chi connectivity index (χ2n) is 2.93. The van der Waals surface area contributed by atoms with Crippen LogP contribution >= 0.6 is 11.6 Å². The number of phenols is 1. The van der Waals surface area contributed by atoms with Gasteiger partial charge in [-0.1, -0.05) is 11.6 Å². The molecule has 0 radical (unpaired) electrons. The number of aromatic hydroxyl groups is 1. The molecule has 1 rings (SSSR count). The SMILES string of the molecule is Cc1cc(O)c(CC(=N)N)cc1Cl. The molecular formula is C9H11ClN2O. The molecule has 0 aliphatic rings. The van der Waals surface area contributed by atoms with E-state index in [1.54, 1.807) is 19.1 Å². The Bertz CT molecular complexity index is 350. The van der Waals surface area contributed by atoms with Crippen molar-refractivity contribution >= 4 is 17.4 Å². The maximum atomic E-state index is 9.45. The topological polar surface area (TPSA) is 70.1 Å². The summed E-state index contributed by atoms with van der Waals surface area (Å²) in [4.78, 5) is 0. The molecule has 0 aromatic heterocycles. The van der Waals surface area contributed by atoms with Crippen LogP contribution in [-0.2, 0) is 6.42 Å². The Morgan fingerprint density at radius 3 is 2.77 bits per heavy atom. The van der Waals surface area contributed by atoms with E-state index >= 15 is 0 Å². The maximum absolute atomic E-state index is 9.45. The Hall–Kier alpha value is -1.22. The van der Waals surface area contributed by atoms with Crippen molar-refractivity contribution in [2.45, 2.75) is 13.3 Å². The summed E-state index contributed by atoms with van der Waals surface area (Å²) in [5.41, 5.74) is 6.61. The molecule has 0 bridgehead atoms. The van der Waals surface area contributed by atoms with Gasteiger partial charge in [0.2, 0.25) is 0 Å². The van der Waals surface area contributed by atoms with Crippen LogP contribution in [0.4, 0.5) is 0 Å². The monoisotopic (exact) mass is 198 g/mol. The molecule has 1 aromatic rings. The minimum atomic E-state index is 0.00946. The summed E-state index contributed by atoms with van der Waals surface area (Å²) in [6.45, 7) is 1.81. The molecule has 0 aliphatic carbocycles. The standard InChI is InChI=1S/C9H11ClN2O/c1-5-2-8(13)6(3-7(5)10)4-9(11)12/h2-3,13H,4H2,1H3,(H3,11,12). The average molecular weight is 199 g/mol. The predicted octanol–water partition coefficient (Wildman–Crippen LogP) is 1.83. The van der Waals surface area contributed by atoms with Crippen molar-refractivity contribution in [3.63, 3.8) is 0 Å². The quantitative estimate of drug-likeness (QED) is 0.501. The van der Waals surface area contributed by atoms with Crippen molar-refractivity contribution in [2.24, 2.45) is 5.73 Å². The first kappa shape index (κ1) is 9.86. The summed E-state index contributed by atoms with van der Waals surface area (Å²) in [5, 5.41) is 17.1. The number of nitrogens with one attached hydrogen (secondary N) is 1. The van der Waals surface area contributed by atoms with Gasteiger partial charge in [0.15, 0.2) is 0 Å². The van der Waals surface area contributed by atoms with E-state index in [-0.39, 0.29) is 18.0 Å². The van der Waals surface area contributed by atoms with Crippen LogP contribution in [0.3, 0.4) is 0 Å². The van der Waals surface area contributed by atoms with E-state index in [1.807, 2.05) is 0 Å². The highest BCUT2D eigenvalue weighted by molar-refractivity contribution is 6.31. The highest BCUT2D eigenvalue weighted by Crippen LogP contribution is 2.25. The lowest BCUT2D eigenvalue weighted by atomic mass is 10.1. The van der Waals surface area contributed by atoms with Crippen molar-refractivity contribution < 1.29 is 5.11 Å². The van der Waals surface area contributed by atoms with Gasteiger partial charge in [-0.05, 0) is 24.6 Å². The van der Waals surface area contributed by atoms with Crippen molar-refractivity contribution in [1.82, 2.24) is 0 Å². The second-order valence-corrected chi connectivity index (χ2v) is 3.34. The third-order valence-corrected chi connectivity index (χ3v) is 2.15. The molecule has 0 aliphatic heterocycles. The highest BCUT2D eigenvalue weighted by Gasteiger charge is 2.05. The first-order valence-corrected chi connectivity index (χ1v) is 4.19. The number of nitrogens with two attached hydrogens (primary N) is 1. The third-order valence-electron chi connectivity index (χ3n) is 1.74. The summed E-state index contributed by atoms with van der Waals surface area (Å²) >= 11 is 5.85. The molecule has 0 saturated heterocycles. The van der Waals surface area contributed by atoms with Gasteiger partial charge in [0.05, 0.1) is 5.84 Å². The summed E-state index contributed by atoms with van der Waals surface area (Å²) in [5.74, 6) is 0.146. The average Bonchev–Trinajstić information content (AvgIpc) is 1.99. The molecule has 0 amide bonds. The normalized spacial score (nSPS) is 10.0. The molecule has 3 nitrogen and oxygen atoms in total. The van der Waals surface area contributed by atoms with Gasteiger partial charge in [-0.15, -0.1) is 0 Å². The number of halogens is 1. The molecule has 13 heavy (non-hydrogen) atoms. The van der Waals surface area contributed by atoms with Gasteiger partial charge in [0.25, 0.3) is 0 Å². The third kappa shape index (κ3) is 2.36. The zero-order valence-corrected chi connectivity index (χ0v) is 8.02. The number of benzene rings is 1. The fraction of sp³-hybridized carbons (Fsp3) is 0.222. The smallest absolute Gasteiger partial charge is 0.119 e. The first-order valence-electron chi connectivity index (χ1n) is 3.81. The summed E-state index contributed by atoms with van der Waals surface area (Å²) in [7, 11) is 0. The van der Waals surface area contributed by atoms with Crippen LogP contribution < -0.4 is 5.73 Å². The van der Waals surface area contributed by atoms with Gasteiger partial charge < -0.3 is 10.8 Å². The Morgan fingerprint density at radius 2 is 2.23 bits per heavy atom. The van der Waals surface area contributed by atoms with Crippen molar-refractivity contribution in [2.75, 3.05) is 0 Å². The minimum Gasteiger partial charge on any atom is -0.508 e. The lowest BCUT2D eigenvalue weighted by Gasteiger charge is -2.06. The Morgan fingerprint density at radius 1 is 1.62 bits per heavy atom. The van der Waals surface area contributed by atoms with Crippen LogP contribution in [-0.4, -0.2) is 10.9 Å². The van der Waals surface area contributed by atoms with Gasteiger partial charge in [0, 0.05) is 17.0 Å². The van der Waals surface area contributed by atoms with E-state index in [2.05, 4.69) is 0 Å². The maximum Gasteiger partial charge on any atom is 0.119 e. The first-order chi connectivity index (χ1) is 6.00. The van der Waals surface area contributed by atoms with Crippen LogP contribution in [0.2, 0.25) is 5.02 Å². The molecule has 0 unspecified atom stereocenters. The highest BCUT2D eigenvalue weighted by atomic mass is 35.5. The van der Waals surface area contributed by atoms with Crippen LogP contribution in [0.15, 0.2) is 12.1 Å². The lowest BCUT2D eigenvalue weighted by Crippen LogP contribution is -2.12. The van der Waals surface area contributed by atoms with Gasteiger partial charge in [0.1, 0.15) is 5.75 Å².